The molecule has 1 aliphatic rings. The molecule has 1 heterocycles. The van der Waals surface area contributed by atoms with Crippen LogP contribution in [0.4, 0.5) is 0 Å². The van der Waals surface area contributed by atoms with Gasteiger partial charge in [0.15, 0.2) is 0 Å². The number of rotatable bonds is 5. The van der Waals surface area contributed by atoms with Crippen LogP contribution in [0.25, 0.3) is 6.08 Å². The molecule has 0 saturated carbocycles. The van der Waals surface area contributed by atoms with Crippen LogP contribution in [0.15, 0.2) is 24.3 Å². The van der Waals surface area contributed by atoms with Crippen LogP contribution < -0.4 is 0 Å². The van der Waals surface area contributed by atoms with Gasteiger partial charge in [-0.25, -0.2) is 0 Å². The number of hydrogen-bond donors (Lipinski definition) is 1. The van der Waals surface area contributed by atoms with Gasteiger partial charge in [0.2, 0.25) is 5.91 Å². The summed E-state index contributed by atoms with van der Waals surface area (Å²) in [5.74, 6) is -1.26. The van der Waals surface area contributed by atoms with Gasteiger partial charge in [0.25, 0.3) is 0 Å². The Labute approximate surface area is 136 Å². The number of carboxylic acids is 1. The molecule has 0 aromatic heterocycles. The number of ether oxygens (including phenoxy) is 1. The van der Waals surface area contributed by atoms with Crippen LogP contribution in [0, 0.1) is 13.8 Å². The molecule has 5 nitrogen and oxygen atoms in total. The van der Waals surface area contributed by atoms with E-state index in [1.165, 1.54) is 16.5 Å². The molecular weight excluding hydrogens is 294 g/mol. The van der Waals surface area contributed by atoms with Gasteiger partial charge in [0.05, 0.1) is 0 Å². The van der Waals surface area contributed by atoms with Crippen molar-refractivity contribution in [2.24, 2.45) is 0 Å². The lowest BCUT2D eigenvalue weighted by atomic mass is 10.0. The quantitative estimate of drug-likeness (QED) is 0.847. The molecule has 0 bridgehead atoms. The summed E-state index contributed by atoms with van der Waals surface area (Å²) in [5, 5.41) is 9.07. The largest absolute Gasteiger partial charge is 0.480 e. The van der Waals surface area contributed by atoms with E-state index in [2.05, 4.69) is 6.07 Å². The number of hydrogen-bond acceptors (Lipinski definition) is 3. The molecule has 0 aliphatic carbocycles. The Balaban J connectivity index is 2.12. The van der Waals surface area contributed by atoms with E-state index in [-0.39, 0.29) is 18.5 Å². The molecule has 0 spiro atoms. The predicted octanol–water partition coefficient (Wildman–Crippen LogP) is 2.41. The second-order valence-electron chi connectivity index (χ2n) is 5.90. The molecule has 23 heavy (non-hydrogen) atoms. The number of nitrogens with zero attached hydrogens (tertiary/aromatic N) is 1. The lowest BCUT2D eigenvalue weighted by molar-refractivity contribution is -0.145. The highest BCUT2D eigenvalue weighted by atomic mass is 16.5. The fraction of sp³-hybridized carbons (Fsp3) is 0.444. The monoisotopic (exact) mass is 317 g/mol. The Bertz CT molecular complexity index is 603. The van der Waals surface area contributed by atoms with E-state index >= 15 is 0 Å². The minimum Gasteiger partial charge on any atom is -0.480 e. The normalized spacial score (nSPS) is 15.7. The van der Waals surface area contributed by atoms with Crippen LogP contribution in [0.3, 0.4) is 0 Å². The number of aliphatic carboxylic acids is 1. The zero-order valence-corrected chi connectivity index (χ0v) is 13.6. The van der Waals surface area contributed by atoms with Gasteiger partial charge in [-0.05, 0) is 43.9 Å². The maximum atomic E-state index is 12.5. The molecule has 1 aromatic carbocycles. The molecule has 0 unspecified atom stereocenters. The first kappa shape index (κ1) is 17.2. The van der Waals surface area contributed by atoms with Gasteiger partial charge in [0, 0.05) is 25.3 Å². The van der Waals surface area contributed by atoms with Crippen molar-refractivity contribution in [2.45, 2.75) is 32.7 Å². The first-order chi connectivity index (χ1) is 11.0. The maximum Gasteiger partial charge on any atom is 0.323 e. The summed E-state index contributed by atoms with van der Waals surface area (Å²) in [5.41, 5.74) is 3.22. The lowest BCUT2D eigenvalue weighted by Gasteiger charge is -2.32. The van der Waals surface area contributed by atoms with Crippen LogP contribution >= 0.6 is 0 Å². The maximum absolute atomic E-state index is 12.5. The van der Waals surface area contributed by atoms with E-state index in [9.17, 15) is 9.59 Å². The number of benzene rings is 1. The molecule has 2 rings (SSSR count). The first-order valence-corrected chi connectivity index (χ1v) is 7.83. The van der Waals surface area contributed by atoms with Crippen LogP contribution in [-0.2, 0) is 14.3 Å². The summed E-state index contributed by atoms with van der Waals surface area (Å²) >= 11 is 0. The highest BCUT2D eigenvalue weighted by Crippen LogP contribution is 2.16. The summed E-state index contributed by atoms with van der Waals surface area (Å²) in [6.45, 7) is 4.86. The zero-order chi connectivity index (χ0) is 16.8. The van der Waals surface area contributed by atoms with Crippen molar-refractivity contribution in [3.8, 4) is 0 Å². The molecule has 5 heteroatoms. The SMILES string of the molecule is Cc1ccc(/C=C\C(=O)N(CC(=O)O)C2CCOCC2)c(C)c1. The van der Waals surface area contributed by atoms with Crippen molar-refractivity contribution in [3.05, 3.63) is 41.0 Å². The molecular formula is C18H23NO4. The molecule has 1 amide bonds. The summed E-state index contributed by atoms with van der Waals surface area (Å²) in [7, 11) is 0. The van der Waals surface area contributed by atoms with Crippen LogP contribution in [0.5, 0.6) is 0 Å². The summed E-state index contributed by atoms with van der Waals surface area (Å²) < 4.78 is 5.29. The number of carbonyl (C=O) groups excluding carboxylic acids is 1. The van der Waals surface area contributed by atoms with Gasteiger partial charge in [-0.15, -0.1) is 0 Å². The number of carboxylic acid groups (broad SMARTS) is 1. The fourth-order valence-electron chi connectivity index (χ4n) is 2.80. The van der Waals surface area contributed by atoms with Crippen LogP contribution in [0.1, 0.15) is 29.5 Å². The Morgan fingerprint density at radius 1 is 1.30 bits per heavy atom. The molecule has 124 valence electrons. The van der Waals surface area contributed by atoms with Crippen LogP contribution in [-0.4, -0.2) is 47.7 Å². The lowest BCUT2D eigenvalue weighted by Crippen LogP contribution is -2.45. The minimum absolute atomic E-state index is 0.0730. The van der Waals surface area contributed by atoms with E-state index in [1.54, 1.807) is 6.08 Å². The smallest absolute Gasteiger partial charge is 0.323 e. The van der Waals surface area contributed by atoms with Gasteiger partial charge >= 0.3 is 5.97 Å². The summed E-state index contributed by atoms with van der Waals surface area (Å²) in [6, 6.07) is 5.93. The van der Waals surface area contributed by atoms with E-state index in [0.29, 0.717) is 26.1 Å². The van der Waals surface area contributed by atoms with Crippen molar-refractivity contribution in [3.63, 3.8) is 0 Å². The van der Waals surface area contributed by atoms with Crippen molar-refractivity contribution in [1.29, 1.82) is 0 Å². The third kappa shape index (κ3) is 4.93. The van der Waals surface area contributed by atoms with Gasteiger partial charge in [-0.2, -0.15) is 0 Å². The van der Waals surface area contributed by atoms with Crippen molar-refractivity contribution >= 4 is 18.0 Å². The summed E-state index contributed by atoms with van der Waals surface area (Å²) in [4.78, 5) is 25.0. The topological polar surface area (TPSA) is 66.8 Å². The van der Waals surface area contributed by atoms with E-state index in [4.69, 9.17) is 9.84 Å². The standard InChI is InChI=1S/C18H23NO4/c1-13-3-4-15(14(2)11-13)5-6-17(20)19(12-18(21)22)16-7-9-23-10-8-16/h3-6,11,16H,7-10,12H2,1-2H3,(H,21,22)/b6-5-. The Morgan fingerprint density at radius 3 is 2.61 bits per heavy atom. The van der Waals surface area contributed by atoms with Gasteiger partial charge in [-0.3, -0.25) is 9.59 Å². The summed E-state index contributed by atoms with van der Waals surface area (Å²) in [6.07, 6.45) is 4.58. The van der Waals surface area contributed by atoms with Gasteiger partial charge in [-0.1, -0.05) is 23.8 Å². The Morgan fingerprint density at radius 2 is 2.00 bits per heavy atom. The van der Waals surface area contributed by atoms with Crippen molar-refractivity contribution in [1.82, 2.24) is 4.90 Å². The molecule has 1 aromatic rings. The van der Waals surface area contributed by atoms with E-state index in [0.717, 1.165) is 11.1 Å². The number of amides is 1. The average Bonchev–Trinajstić information content (AvgIpc) is 2.52. The molecule has 1 N–H and O–H groups in total. The third-order valence-corrected chi connectivity index (χ3v) is 4.05. The van der Waals surface area contributed by atoms with Crippen LogP contribution in [0.2, 0.25) is 0 Å². The van der Waals surface area contributed by atoms with E-state index < -0.39 is 5.97 Å². The molecule has 1 saturated heterocycles. The van der Waals surface area contributed by atoms with Crippen molar-refractivity contribution in [2.75, 3.05) is 19.8 Å². The molecule has 0 atom stereocenters. The number of aryl methyl sites for hydroxylation is 2. The van der Waals surface area contributed by atoms with Crippen molar-refractivity contribution < 1.29 is 19.4 Å². The second-order valence-corrected chi connectivity index (χ2v) is 5.90. The number of carbonyl (C=O) groups is 2. The average molecular weight is 317 g/mol. The van der Waals surface area contributed by atoms with Gasteiger partial charge < -0.3 is 14.7 Å². The molecule has 0 radical (unpaired) electrons. The zero-order valence-electron chi connectivity index (χ0n) is 13.6. The molecule has 1 aliphatic heterocycles. The highest BCUT2D eigenvalue weighted by molar-refractivity contribution is 5.94. The minimum atomic E-state index is -0.996. The fourth-order valence-corrected chi connectivity index (χ4v) is 2.80. The predicted molar refractivity (Wildman–Crippen MR) is 88.1 cm³/mol. The third-order valence-electron chi connectivity index (χ3n) is 4.05. The Kier molecular flexibility index (Phi) is 5.93. The van der Waals surface area contributed by atoms with Gasteiger partial charge in [0.1, 0.15) is 6.54 Å². The molecule has 1 fully saturated rings. The first-order valence-electron chi connectivity index (χ1n) is 7.83. The second kappa shape index (κ2) is 7.92. The Hall–Kier alpha value is -2.14. The highest BCUT2D eigenvalue weighted by Gasteiger charge is 2.26. The van der Waals surface area contributed by atoms with E-state index in [1.807, 2.05) is 26.0 Å².